The first-order valence-corrected chi connectivity index (χ1v) is 5.02. The molecule has 3 heteroatoms. The van der Waals surface area contributed by atoms with Crippen LogP contribution in [0.5, 0.6) is 0 Å². The van der Waals surface area contributed by atoms with Crippen molar-refractivity contribution in [3.05, 3.63) is 17.5 Å². The molecule has 0 saturated heterocycles. The molecule has 0 bridgehead atoms. The van der Waals surface area contributed by atoms with Crippen molar-refractivity contribution in [2.75, 3.05) is 0 Å². The van der Waals surface area contributed by atoms with Gasteiger partial charge in [-0.3, -0.25) is 4.68 Å². The van der Waals surface area contributed by atoms with Crippen LogP contribution in [-0.2, 0) is 12.6 Å². The van der Waals surface area contributed by atoms with E-state index in [1.807, 2.05) is 11.7 Å². The summed E-state index contributed by atoms with van der Waals surface area (Å²) in [6, 6.07) is 2.21. The number of aryl methyl sites for hydroxylation is 1. The van der Waals surface area contributed by atoms with E-state index in [1.165, 1.54) is 24.2 Å². The molecule has 2 N–H and O–H groups in total. The number of aromatic nitrogens is 2. The molecule has 3 nitrogen and oxygen atoms in total. The molecule has 2 aliphatic rings. The van der Waals surface area contributed by atoms with Crippen molar-refractivity contribution in [3.63, 3.8) is 0 Å². The second-order valence-electron chi connectivity index (χ2n) is 4.51. The van der Waals surface area contributed by atoms with Crippen molar-refractivity contribution in [2.45, 2.75) is 37.1 Å². The monoisotopic (exact) mass is 177 g/mol. The van der Waals surface area contributed by atoms with Crippen LogP contribution in [0.3, 0.4) is 0 Å². The number of hydrogen-bond acceptors (Lipinski definition) is 2. The summed E-state index contributed by atoms with van der Waals surface area (Å²) in [6.45, 7) is 0. The Bertz CT molecular complexity index is 345. The molecule has 1 aromatic heterocycles. The third-order valence-corrected chi connectivity index (χ3v) is 3.19. The van der Waals surface area contributed by atoms with E-state index in [-0.39, 0.29) is 5.54 Å². The van der Waals surface area contributed by atoms with Crippen LogP contribution < -0.4 is 5.73 Å². The number of nitrogens with zero attached hydrogens (tertiary/aromatic N) is 2. The van der Waals surface area contributed by atoms with Crippen LogP contribution in [0, 0.1) is 0 Å². The van der Waals surface area contributed by atoms with Crippen molar-refractivity contribution in [1.29, 1.82) is 0 Å². The van der Waals surface area contributed by atoms with E-state index in [0.29, 0.717) is 0 Å². The first kappa shape index (κ1) is 7.56. The first-order valence-electron chi connectivity index (χ1n) is 5.02. The average molecular weight is 177 g/mol. The smallest absolute Gasteiger partial charge is 0.0659 e. The number of nitrogens with two attached hydrogens (primary N) is 1. The van der Waals surface area contributed by atoms with Crippen molar-refractivity contribution in [3.8, 4) is 0 Å². The number of hydrogen-bond donors (Lipinski definition) is 1. The molecule has 0 aromatic carbocycles. The Morgan fingerprint density at radius 3 is 2.77 bits per heavy atom. The van der Waals surface area contributed by atoms with Gasteiger partial charge in [-0.2, -0.15) is 5.10 Å². The summed E-state index contributed by atoms with van der Waals surface area (Å²) in [5, 5.41) is 4.52. The highest BCUT2D eigenvalue weighted by Gasteiger charge is 2.43. The lowest BCUT2D eigenvalue weighted by molar-refractivity contribution is 0.611. The second kappa shape index (κ2) is 2.15. The van der Waals surface area contributed by atoms with Gasteiger partial charge in [-0.1, -0.05) is 0 Å². The van der Waals surface area contributed by atoms with Crippen molar-refractivity contribution < 1.29 is 0 Å². The lowest BCUT2D eigenvalue weighted by Gasteiger charge is -2.07. The van der Waals surface area contributed by atoms with E-state index in [1.54, 1.807) is 0 Å². The van der Waals surface area contributed by atoms with Gasteiger partial charge in [0.15, 0.2) is 0 Å². The van der Waals surface area contributed by atoms with E-state index < -0.39 is 0 Å². The minimum absolute atomic E-state index is 0.0328. The van der Waals surface area contributed by atoms with Gasteiger partial charge in [-0.15, -0.1) is 0 Å². The van der Waals surface area contributed by atoms with E-state index >= 15 is 0 Å². The zero-order valence-corrected chi connectivity index (χ0v) is 7.95. The maximum atomic E-state index is 6.14. The summed E-state index contributed by atoms with van der Waals surface area (Å²) in [4.78, 5) is 0. The second-order valence-corrected chi connectivity index (χ2v) is 4.51. The average Bonchev–Trinajstić information content (AvgIpc) is 2.97. The molecule has 0 amide bonds. The van der Waals surface area contributed by atoms with E-state index in [4.69, 9.17) is 5.73 Å². The molecule has 0 unspecified atom stereocenters. The molecule has 70 valence electrons. The highest BCUT2D eigenvalue weighted by atomic mass is 15.3. The summed E-state index contributed by atoms with van der Waals surface area (Å²) in [5.41, 5.74) is 8.60. The Morgan fingerprint density at radius 2 is 2.23 bits per heavy atom. The van der Waals surface area contributed by atoms with Crippen LogP contribution in [0.25, 0.3) is 0 Å². The molecule has 3 rings (SSSR count). The highest BCUT2D eigenvalue weighted by molar-refractivity contribution is 5.28. The third kappa shape index (κ3) is 1.10. The van der Waals surface area contributed by atoms with Gasteiger partial charge in [0, 0.05) is 13.0 Å². The molecule has 1 aromatic rings. The Morgan fingerprint density at radius 1 is 1.54 bits per heavy atom. The van der Waals surface area contributed by atoms with Gasteiger partial charge in [0.1, 0.15) is 0 Å². The molecule has 0 aliphatic heterocycles. The first-order chi connectivity index (χ1) is 6.19. The van der Waals surface area contributed by atoms with Gasteiger partial charge < -0.3 is 5.73 Å². The summed E-state index contributed by atoms with van der Waals surface area (Å²) in [6.07, 6.45) is 4.87. The zero-order chi connectivity index (χ0) is 9.05. The molecular formula is C10H15N3. The van der Waals surface area contributed by atoms with Crippen LogP contribution in [0.1, 0.15) is 43.0 Å². The predicted octanol–water partition coefficient (Wildman–Crippen LogP) is 1.25. The summed E-state index contributed by atoms with van der Waals surface area (Å²) in [5.74, 6) is 0.738. The van der Waals surface area contributed by atoms with Crippen LogP contribution in [0.4, 0.5) is 0 Å². The minimum atomic E-state index is -0.0328. The molecule has 2 fully saturated rings. The van der Waals surface area contributed by atoms with Gasteiger partial charge in [-0.25, -0.2) is 0 Å². The standard InChI is InChI=1S/C10H15N3/c1-13-9(10(11)4-5-10)6-8(12-13)7-2-3-7/h6-7H,2-5,11H2,1H3. The van der Waals surface area contributed by atoms with Crippen LogP contribution in [0.15, 0.2) is 6.07 Å². The third-order valence-electron chi connectivity index (χ3n) is 3.19. The maximum absolute atomic E-state index is 6.14. The molecule has 0 spiro atoms. The molecule has 0 atom stereocenters. The molecule has 13 heavy (non-hydrogen) atoms. The maximum Gasteiger partial charge on any atom is 0.0659 e. The Hall–Kier alpha value is -0.830. The molecular weight excluding hydrogens is 162 g/mol. The van der Waals surface area contributed by atoms with E-state index in [0.717, 1.165) is 18.8 Å². The fraction of sp³-hybridized carbons (Fsp3) is 0.700. The predicted molar refractivity (Wildman–Crippen MR) is 50.3 cm³/mol. The molecule has 2 aliphatic carbocycles. The zero-order valence-electron chi connectivity index (χ0n) is 7.95. The van der Waals surface area contributed by atoms with Crippen molar-refractivity contribution in [1.82, 2.24) is 9.78 Å². The van der Waals surface area contributed by atoms with Gasteiger partial charge in [0.2, 0.25) is 0 Å². The topological polar surface area (TPSA) is 43.8 Å². The summed E-state index contributed by atoms with van der Waals surface area (Å²) < 4.78 is 1.97. The summed E-state index contributed by atoms with van der Waals surface area (Å²) >= 11 is 0. The molecule has 1 heterocycles. The minimum Gasteiger partial charge on any atom is -0.320 e. The van der Waals surface area contributed by atoms with Crippen LogP contribution >= 0.6 is 0 Å². The van der Waals surface area contributed by atoms with Crippen LogP contribution in [0.2, 0.25) is 0 Å². The number of rotatable bonds is 2. The Balaban J connectivity index is 1.99. The van der Waals surface area contributed by atoms with Gasteiger partial charge >= 0.3 is 0 Å². The van der Waals surface area contributed by atoms with E-state index in [9.17, 15) is 0 Å². The Labute approximate surface area is 77.9 Å². The SMILES string of the molecule is Cn1nc(C2CC2)cc1C1(N)CC1. The molecule has 0 radical (unpaired) electrons. The Kier molecular flexibility index (Phi) is 1.25. The normalized spacial score (nSPS) is 24.8. The lowest BCUT2D eigenvalue weighted by atomic mass is 10.1. The quantitative estimate of drug-likeness (QED) is 0.738. The van der Waals surface area contributed by atoms with Gasteiger partial charge in [0.25, 0.3) is 0 Å². The fourth-order valence-electron chi connectivity index (χ4n) is 1.92. The van der Waals surface area contributed by atoms with Gasteiger partial charge in [-0.05, 0) is 31.7 Å². The van der Waals surface area contributed by atoms with Gasteiger partial charge in [0.05, 0.1) is 16.9 Å². The van der Waals surface area contributed by atoms with Crippen LogP contribution in [-0.4, -0.2) is 9.78 Å². The van der Waals surface area contributed by atoms with Crippen molar-refractivity contribution >= 4 is 0 Å². The van der Waals surface area contributed by atoms with E-state index in [2.05, 4.69) is 11.2 Å². The molecule has 2 saturated carbocycles. The lowest BCUT2D eigenvalue weighted by Crippen LogP contribution is -2.22. The van der Waals surface area contributed by atoms with Crippen molar-refractivity contribution in [2.24, 2.45) is 12.8 Å². The fourth-order valence-corrected chi connectivity index (χ4v) is 1.92. The largest absolute Gasteiger partial charge is 0.320 e. The highest BCUT2D eigenvalue weighted by Crippen LogP contribution is 2.45. The summed E-state index contributed by atoms with van der Waals surface area (Å²) in [7, 11) is 2.01.